The first-order chi connectivity index (χ1) is 17.8. The van der Waals surface area contributed by atoms with E-state index in [9.17, 15) is 9.59 Å². The highest BCUT2D eigenvalue weighted by molar-refractivity contribution is 6.33. The number of nitrogens with one attached hydrogen (secondary N) is 4. The number of amides is 2. The summed E-state index contributed by atoms with van der Waals surface area (Å²) in [5.74, 6) is -0.205. The molecule has 3 aromatic rings. The van der Waals surface area contributed by atoms with Crippen molar-refractivity contribution in [3.05, 3.63) is 77.9 Å². The Morgan fingerprint density at radius 1 is 0.703 bits per heavy atom. The van der Waals surface area contributed by atoms with Crippen LogP contribution in [0.1, 0.15) is 37.8 Å². The van der Waals surface area contributed by atoms with Gasteiger partial charge in [0, 0.05) is 37.3 Å². The molecule has 37 heavy (non-hydrogen) atoms. The van der Waals surface area contributed by atoms with Crippen LogP contribution in [0.3, 0.4) is 0 Å². The third kappa shape index (κ3) is 7.78. The van der Waals surface area contributed by atoms with Crippen molar-refractivity contribution in [2.75, 3.05) is 26.2 Å². The molecular formula is C30H37BN4O2. The molecule has 0 saturated heterocycles. The van der Waals surface area contributed by atoms with Gasteiger partial charge in [0.1, 0.15) is 7.85 Å². The van der Waals surface area contributed by atoms with Crippen molar-refractivity contribution in [2.45, 2.75) is 39.8 Å². The first kappa shape index (κ1) is 28.2. The van der Waals surface area contributed by atoms with Gasteiger partial charge in [-0.25, -0.2) is 0 Å². The lowest BCUT2D eigenvalue weighted by Gasteiger charge is -2.18. The molecule has 4 N–H and O–H groups in total. The Bertz CT molecular complexity index is 1300. The van der Waals surface area contributed by atoms with Crippen LogP contribution in [0, 0.1) is 0 Å². The van der Waals surface area contributed by atoms with E-state index in [0.717, 1.165) is 36.8 Å². The van der Waals surface area contributed by atoms with Gasteiger partial charge in [-0.3, -0.25) is 9.59 Å². The van der Waals surface area contributed by atoms with Crippen LogP contribution in [0.4, 0.5) is 0 Å². The van der Waals surface area contributed by atoms with Gasteiger partial charge in [0.25, 0.3) is 0 Å². The van der Waals surface area contributed by atoms with E-state index in [1.165, 1.54) is 27.3 Å². The van der Waals surface area contributed by atoms with Gasteiger partial charge < -0.3 is 21.3 Å². The molecular weight excluding hydrogens is 459 g/mol. The lowest BCUT2D eigenvalue weighted by atomic mass is 9.87. The van der Waals surface area contributed by atoms with Crippen LogP contribution >= 0.6 is 0 Å². The second kappa shape index (κ2) is 13.8. The normalized spacial score (nSPS) is 11.0. The summed E-state index contributed by atoms with van der Waals surface area (Å²) >= 11 is 0. The summed E-state index contributed by atoms with van der Waals surface area (Å²) in [6.45, 7) is 14.9. The summed E-state index contributed by atoms with van der Waals surface area (Å²) in [4.78, 5) is 23.3. The fourth-order valence-corrected chi connectivity index (χ4v) is 4.31. The largest absolute Gasteiger partial charge is 0.352 e. The van der Waals surface area contributed by atoms with Crippen molar-refractivity contribution in [1.82, 2.24) is 21.3 Å². The molecule has 0 bridgehead atoms. The number of carbonyl (C=O) groups is 2. The number of benzene rings is 3. The van der Waals surface area contributed by atoms with Crippen molar-refractivity contribution < 1.29 is 9.59 Å². The van der Waals surface area contributed by atoms with Crippen LogP contribution in [0.15, 0.2) is 66.8 Å². The molecule has 192 valence electrons. The van der Waals surface area contributed by atoms with E-state index < -0.39 is 0 Å². The number of hydrogen-bond acceptors (Lipinski definition) is 4. The molecule has 6 nitrogen and oxygen atoms in total. The van der Waals surface area contributed by atoms with Crippen LogP contribution in [-0.2, 0) is 22.7 Å². The Morgan fingerprint density at radius 2 is 1.16 bits per heavy atom. The van der Waals surface area contributed by atoms with Gasteiger partial charge in [-0.15, -0.1) is 0 Å². The Morgan fingerprint density at radius 3 is 1.65 bits per heavy atom. The summed E-state index contributed by atoms with van der Waals surface area (Å²) < 4.78 is 0. The quantitative estimate of drug-likeness (QED) is 0.120. The number of hydrogen-bond donors (Lipinski definition) is 4. The third-order valence-electron chi connectivity index (χ3n) is 6.28. The van der Waals surface area contributed by atoms with Crippen LogP contribution in [0.25, 0.3) is 21.5 Å². The highest BCUT2D eigenvalue weighted by Gasteiger charge is 2.14. The smallest absolute Gasteiger partial charge is 0.246 e. The number of carbonyl (C=O) groups excluding carboxylic acids is 2. The highest BCUT2D eigenvalue weighted by Crippen LogP contribution is 2.32. The molecule has 0 unspecified atom stereocenters. The molecule has 2 amide bonds. The van der Waals surface area contributed by atoms with Gasteiger partial charge in [0.05, 0.1) is 0 Å². The highest BCUT2D eigenvalue weighted by atomic mass is 16.2. The predicted molar refractivity (Wildman–Crippen MR) is 155 cm³/mol. The second-order valence-electron chi connectivity index (χ2n) is 9.44. The van der Waals surface area contributed by atoms with E-state index in [4.69, 9.17) is 7.85 Å². The van der Waals surface area contributed by atoms with Crippen LogP contribution in [-0.4, -0.2) is 45.8 Å². The average molecular weight is 496 g/mol. The third-order valence-corrected chi connectivity index (χ3v) is 6.28. The molecule has 7 heteroatoms. The minimum absolute atomic E-state index is 0.101. The fraction of sp³-hybridized carbons (Fsp3) is 0.333. The molecule has 2 radical (unpaired) electrons. The molecule has 0 atom stereocenters. The van der Waals surface area contributed by atoms with E-state index in [2.05, 4.69) is 70.8 Å². The lowest BCUT2D eigenvalue weighted by Crippen LogP contribution is -2.27. The summed E-state index contributed by atoms with van der Waals surface area (Å²) in [6, 6.07) is 14.6. The molecule has 0 spiro atoms. The predicted octanol–water partition coefficient (Wildman–Crippen LogP) is 3.13. The molecule has 0 aromatic heterocycles. The van der Waals surface area contributed by atoms with Gasteiger partial charge in [0.2, 0.25) is 11.8 Å². The van der Waals surface area contributed by atoms with Crippen LogP contribution < -0.4 is 26.7 Å². The molecule has 0 aliphatic rings. The van der Waals surface area contributed by atoms with Gasteiger partial charge >= 0.3 is 0 Å². The maximum Gasteiger partial charge on any atom is 0.246 e. The summed E-state index contributed by atoms with van der Waals surface area (Å²) in [5, 5.41) is 17.6. The maximum atomic E-state index is 11.7. The molecule has 0 heterocycles. The second-order valence-corrected chi connectivity index (χ2v) is 9.44. The molecule has 3 rings (SSSR count). The van der Waals surface area contributed by atoms with Gasteiger partial charge in [0.15, 0.2) is 0 Å². The molecule has 0 saturated carbocycles. The molecule has 3 aromatic carbocycles. The van der Waals surface area contributed by atoms with Gasteiger partial charge in [-0.1, -0.05) is 61.1 Å². The number of rotatable bonds is 14. The fourth-order valence-electron chi connectivity index (χ4n) is 4.31. The Kier molecular flexibility index (Phi) is 10.5. The zero-order chi connectivity index (χ0) is 26.8. The Hall–Kier alpha value is -3.42. The van der Waals surface area contributed by atoms with Crippen molar-refractivity contribution in [3.8, 4) is 0 Å². The van der Waals surface area contributed by atoms with E-state index >= 15 is 0 Å². The first-order valence-electron chi connectivity index (χ1n) is 12.8. The number of fused-ring (bicyclic) bond motifs is 2. The first-order valence-corrected chi connectivity index (χ1v) is 12.8. The minimum Gasteiger partial charge on any atom is -0.352 e. The average Bonchev–Trinajstić information content (AvgIpc) is 2.88. The Balaban J connectivity index is 1.72. The standard InChI is InChI=1S/C30H37BN4O2/c1-20(2)29(36)34-15-7-13-32-18-27-23-9-5-6-10-24(23)28(26-17-22(31)11-12-25(26)27)19-33-14-8-16-35-30(37)21(3)4/h5-6,9-12,17,32-33H,1,3,7-8,13-16,18-19H2,2,4H3,(H,34,36)(H,35,37). The minimum atomic E-state index is -0.103. The topological polar surface area (TPSA) is 82.3 Å². The summed E-state index contributed by atoms with van der Waals surface area (Å²) in [7, 11) is 6.21. The lowest BCUT2D eigenvalue weighted by molar-refractivity contribution is -0.118. The van der Waals surface area contributed by atoms with E-state index in [1.807, 2.05) is 6.07 Å². The van der Waals surface area contributed by atoms with Gasteiger partial charge in [-0.2, -0.15) is 0 Å². The molecule has 0 fully saturated rings. The Labute approximate surface area is 221 Å². The van der Waals surface area contributed by atoms with E-state index in [1.54, 1.807) is 13.8 Å². The zero-order valence-corrected chi connectivity index (χ0v) is 22.0. The summed E-state index contributed by atoms with van der Waals surface area (Å²) in [5.41, 5.74) is 4.23. The summed E-state index contributed by atoms with van der Waals surface area (Å²) in [6.07, 6.45) is 1.66. The van der Waals surface area contributed by atoms with E-state index in [-0.39, 0.29) is 11.8 Å². The van der Waals surface area contributed by atoms with Crippen molar-refractivity contribution >= 4 is 46.7 Å². The van der Waals surface area contributed by atoms with Gasteiger partial charge in [-0.05, 0) is 72.5 Å². The van der Waals surface area contributed by atoms with Crippen molar-refractivity contribution in [1.29, 1.82) is 0 Å². The maximum absolute atomic E-state index is 11.7. The monoisotopic (exact) mass is 496 g/mol. The van der Waals surface area contributed by atoms with Crippen molar-refractivity contribution in [2.24, 2.45) is 0 Å². The molecule has 0 aliphatic carbocycles. The van der Waals surface area contributed by atoms with Crippen LogP contribution in [0.5, 0.6) is 0 Å². The zero-order valence-electron chi connectivity index (χ0n) is 22.0. The SMILES string of the molecule is [B]c1ccc2c(CNCCCNC(=O)C(=C)C)c3ccccc3c(CNCCCNC(=O)C(=C)C)c2c1. The van der Waals surface area contributed by atoms with Crippen LogP contribution in [0.2, 0.25) is 0 Å². The van der Waals surface area contributed by atoms with E-state index in [0.29, 0.717) is 37.3 Å². The van der Waals surface area contributed by atoms with Crippen molar-refractivity contribution in [3.63, 3.8) is 0 Å². The molecule has 0 aliphatic heterocycles.